The van der Waals surface area contributed by atoms with Crippen LogP contribution in [0.25, 0.3) is 21.5 Å². The molecule has 1 atom stereocenters. The van der Waals surface area contributed by atoms with Crippen molar-refractivity contribution < 1.29 is 5.11 Å². The molecule has 0 aliphatic rings. The van der Waals surface area contributed by atoms with Gasteiger partial charge in [0.05, 0.1) is 12.6 Å². The molecule has 19 heavy (non-hydrogen) atoms. The van der Waals surface area contributed by atoms with E-state index < -0.39 is 0 Å². The standard InChI is InChI=1S/C16H15NO.ClH/c17-15(10-18)16-13-7-3-1-5-11(13)9-12-6-2-4-8-14(12)16;/h1-9,15,18H,10,17H2;1H/t15-;/m1./s1. The highest BCUT2D eigenvalue weighted by atomic mass is 35.5. The topological polar surface area (TPSA) is 46.2 Å². The molecule has 0 aromatic heterocycles. The van der Waals surface area contributed by atoms with E-state index in [2.05, 4.69) is 30.3 Å². The maximum atomic E-state index is 9.38. The Morgan fingerprint density at radius 1 is 0.895 bits per heavy atom. The highest BCUT2D eigenvalue weighted by Gasteiger charge is 2.13. The Balaban J connectivity index is 0.00000133. The molecule has 0 saturated carbocycles. The zero-order chi connectivity index (χ0) is 12.5. The Hall–Kier alpha value is -1.61. The number of hydrogen-bond acceptors (Lipinski definition) is 2. The van der Waals surface area contributed by atoms with Gasteiger partial charge in [-0.1, -0.05) is 48.5 Å². The van der Waals surface area contributed by atoms with Crippen LogP contribution in [0.2, 0.25) is 0 Å². The second kappa shape index (κ2) is 5.57. The van der Waals surface area contributed by atoms with Crippen molar-refractivity contribution in [3.05, 3.63) is 60.2 Å². The van der Waals surface area contributed by atoms with Gasteiger partial charge >= 0.3 is 0 Å². The number of nitrogens with two attached hydrogens (primary N) is 1. The average molecular weight is 274 g/mol. The third-order valence-electron chi connectivity index (χ3n) is 3.38. The van der Waals surface area contributed by atoms with Gasteiger partial charge in [0, 0.05) is 0 Å². The van der Waals surface area contributed by atoms with E-state index in [-0.39, 0.29) is 25.1 Å². The summed E-state index contributed by atoms with van der Waals surface area (Å²) < 4.78 is 0. The molecular weight excluding hydrogens is 258 g/mol. The highest BCUT2D eigenvalue weighted by Crippen LogP contribution is 2.31. The van der Waals surface area contributed by atoms with E-state index in [1.165, 1.54) is 0 Å². The lowest BCUT2D eigenvalue weighted by atomic mass is 9.93. The van der Waals surface area contributed by atoms with Gasteiger partial charge in [0.25, 0.3) is 0 Å². The summed E-state index contributed by atoms with van der Waals surface area (Å²) >= 11 is 0. The molecule has 3 heteroatoms. The minimum Gasteiger partial charge on any atom is -0.394 e. The third-order valence-corrected chi connectivity index (χ3v) is 3.38. The van der Waals surface area contributed by atoms with Gasteiger partial charge in [0.1, 0.15) is 0 Å². The van der Waals surface area contributed by atoms with Crippen molar-refractivity contribution in [2.24, 2.45) is 5.73 Å². The Kier molecular flexibility index (Phi) is 4.05. The number of aliphatic hydroxyl groups is 1. The molecule has 2 nitrogen and oxygen atoms in total. The number of fused-ring (bicyclic) bond motifs is 2. The smallest absolute Gasteiger partial charge is 0.0624 e. The van der Waals surface area contributed by atoms with Crippen molar-refractivity contribution in [1.29, 1.82) is 0 Å². The van der Waals surface area contributed by atoms with Crippen LogP contribution < -0.4 is 5.73 Å². The number of aliphatic hydroxyl groups excluding tert-OH is 1. The lowest BCUT2D eigenvalue weighted by Crippen LogP contribution is -2.15. The Bertz CT molecular complexity index is 657. The molecule has 0 aliphatic carbocycles. The number of rotatable bonds is 2. The first-order valence-electron chi connectivity index (χ1n) is 6.08. The number of benzene rings is 3. The molecule has 0 bridgehead atoms. The largest absolute Gasteiger partial charge is 0.394 e. The first-order chi connectivity index (χ1) is 8.81. The molecule has 0 saturated heterocycles. The van der Waals surface area contributed by atoms with Crippen molar-refractivity contribution in [1.82, 2.24) is 0 Å². The molecule has 0 aliphatic heterocycles. The van der Waals surface area contributed by atoms with Crippen molar-refractivity contribution in [2.45, 2.75) is 6.04 Å². The Morgan fingerprint density at radius 3 is 1.84 bits per heavy atom. The summed E-state index contributed by atoms with van der Waals surface area (Å²) in [5.41, 5.74) is 7.11. The second-order valence-corrected chi connectivity index (χ2v) is 4.52. The predicted octanol–water partition coefficient (Wildman–Crippen LogP) is 3.41. The SMILES string of the molecule is Cl.N[C@H](CO)c1c2ccccc2cc2ccccc12. The van der Waals surface area contributed by atoms with Crippen molar-refractivity contribution in [3.8, 4) is 0 Å². The van der Waals surface area contributed by atoms with Gasteiger partial charge in [0.2, 0.25) is 0 Å². The summed E-state index contributed by atoms with van der Waals surface area (Å²) in [6.45, 7) is -0.0436. The molecule has 3 aromatic rings. The van der Waals surface area contributed by atoms with E-state index in [0.29, 0.717) is 0 Å². The summed E-state index contributed by atoms with van der Waals surface area (Å²) in [6.07, 6.45) is 0. The van der Waals surface area contributed by atoms with Gasteiger partial charge in [-0.25, -0.2) is 0 Å². The highest BCUT2D eigenvalue weighted by molar-refractivity contribution is 6.02. The Labute approximate surface area is 118 Å². The number of halogens is 1. The molecular formula is C16H16ClNO. The molecule has 0 radical (unpaired) electrons. The molecule has 0 spiro atoms. The van der Waals surface area contributed by atoms with E-state index in [9.17, 15) is 5.11 Å². The molecule has 3 aromatic carbocycles. The monoisotopic (exact) mass is 273 g/mol. The maximum absolute atomic E-state index is 9.38. The quantitative estimate of drug-likeness (QED) is 0.703. The molecule has 98 valence electrons. The van der Waals surface area contributed by atoms with E-state index in [4.69, 9.17) is 5.73 Å². The van der Waals surface area contributed by atoms with E-state index >= 15 is 0 Å². The number of hydrogen-bond donors (Lipinski definition) is 2. The van der Waals surface area contributed by atoms with Crippen LogP contribution in [0.15, 0.2) is 54.6 Å². The summed E-state index contributed by atoms with van der Waals surface area (Å²) in [4.78, 5) is 0. The van der Waals surface area contributed by atoms with Crippen LogP contribution in [-0.2, 0) is 0 Å². The van der Waals surface area contributed by atoms with Gasteiger partial charge < -0.3 is 10.8 Å². The van der Waals surface area contributed by atoms with E-state index in [0.717, 1.165) is 27.1 Å². The Morgan fingerprint density at radius 2 is 1.37 bits per heavy atom. The molecule has 0 amide bonds. The fourth-order valence-electron chi connectivity index (χ4n) is 2.54. The second-order valence-electron chi connectivity index (χ2n) is 4.52. The third kappa shape index (κ3) is 2.30. The molecule has 0 unspecified atom stereocenters. The molecule has 0 fully saturated rings. The van der Waals surface area contributed by atoms with Crippen LogP contribution in [0.3, 0.4) is 0 Å². The van der Waals surface area contributed by atoms with Gasteiger partial charge in [-0.3, -0.25) is 0 Å². The molecule has 3 N–H and O–H groups in total. The van der Waals surface area contributed by atoms with Crippen molar-refractivity contribution in [3.63, 3.8) is 0 Å². The zero-order valence-electron chi connectivity index (χ0n) is 10.4. The normalized spacial score (nSPS) is 12.3. The lowest BCUT2D eigenvalue weighted by Gasteiger charge is -2.16. The summed E-state index contributed by atoms with van der Waals surface area (Å²) in [6, 6.07) is 18.1. The van der Waals surface area contributed by atoms with Crippen LogP contribution in [-0.4, -0.2) is 11.7 Å². The van der Waals surface area contributed by atoms with Crippen LogP contribution in [0.5, 0.6) is 0 Å². The van der Waals surface area contributed by atoms with Crippen molar-refractivity contribution in [2.75, 3.05) is 6.61 Å². The van der Waals surface area contributed by atoms with Gasteiger partial charge in [-0.2, -0.15) is 0 Å². The minimum absolute atomic E-state index is 0. The minimum atomic E-state index is -0.346. The summed E-state index contributed by atoms with van der Waals surface area (Å²) in [5.74, 6) is 0. The fraction of sp³-hybridized carbons (Fsp3) is 0.125. The fourth-order valence-corrected chi connectivity index (χ4v) is 2.54. The summed E-state index contributed by atoms with van der Waals surface area (Å²) in [5, 5.41) is 14.0. The zero-order valence-corrected chi connectivity index (χ0v) is 11.2. The predicted molar refractivity (Wildman–Crippen MR) is 82.7 cm³/mol. The lowest BCUT2D eigenvalue weighted by molar-refractivity contribution is 0.269. The van der Waals surface area contributed by atoms with E-state index in [1.807, 2.05) is 24.3 Å². The van der Waals surface area contributed by atoms with Crippen molar-refractivity contribution >= 4 is 34.0 Å². The van der Waals surface area contributed by atoms with Crippen LogP contribution in [0.1, 0.15) is 11.6 Å². The average Bonchev–Trinajstić information content (AvgIpc) is 2.44. The van der Waals surface area contributed by atoms with E-state index in [1.54, 1.807) is 0 Å². The van der Waals surface area contributed by atoms with Crippen LogP contribution >= 0.6 is 12.4 Å². The first-order valence-corrected chi connectivity index (χ1v) is 6.08. The molecule has 0 heterocycles. The van der Waals surface area contributed by atoms with Crippen LogP contribution in [0.4, 0.5) is 0 Å². The van der Waals surface area contributed by atoms with Gasteiger partial charge in [0.15, 0.2) is 0 Å². The van der Waals surface area contributed by atoms with Crippen LogP contribution in [0, 0.1) is 0 Å². The maximum Gasteiger partial charge on any atom is 0.0624 e. The van der Waals surface area contributed by atoms with Gasteiger partial charge in [-0.05, 0) is 33.2 Å². The first kappa shape index (κ1) is 13.8. The summed E-state index contributed by atoms with van der Waals surface area (Å²) in [7, 11) is 0. The molecule has 3 rings (SSSR count). The van der Waals surface area contributed by atoms with Gasteiger partial charge in [-0.15, -0.1) is 12.4 Å².